The Hall–Kier alpha value is -2.23. The van der Waals surface area contributed by atoms with Crippen molar-refractivity contribution in [3.8, 4) is 5.75 Å². The van der Waals surface area contributed by atoms with Gasteiger partial charge >= 0.3 is 0 Å². The summed E-state index contributed by atoms with van der Waals surface area (Å²) in [5.41, 5.74) is 0.783. The molecule has 0 saturated carbocycles. The Morgan fingerprint density at radius 3 is 2.88 bits per heavy atom. The van der Waals surface area contributed by atoms with Crippen molar-refractivity contribution in [1.82, 2.24) is 4.98 Å². The minimum Gasteiger partial charge on any atom is -0.496 e. The molecule has 0 amide bonds. The van der Waals surface area contributed by atoms with Crippen LogP contribution in [0.25, 0.3) is 10.9 Å². The molecule has 2 aromatic rings. The third-order valence-corrected chi connectivity index (χ3v) is 2.32. The molecule has 4 nitrogen and oxygen atoms in total. The largest absolute Gasteiger partial charge is 0.496 e. The van der Waals surface area contributed by atoms with Crippen molar-refractivity contribution in [3.05, 3.63) is 36.0 Å². The van der Waals surface area contributed by atoms with Crippen molar-refractivity contribution in [2.75, 3.05) is 7.11 Å². The van der Waals surface area contributed by atoms with E-state index in [0.29, 0.717) is 16.8 Å². The minimum absolute atomic E-state index is 0.288. The van der Waals surface area contributed by atoms with Gasteiger partial charge in [0.05, 0.1) is 18.2 Å². The van der Waals surface area contributed by atoms with Crippen molar-refractivity contribution in [2.24, 2.45) is 0 Å². The highest BCUT2D eigenvalue weighted by atomic mass is 16.5. The highest BCUT2D eigenvalue weighted by molar-refractivity contribution is 6.36. The second-order valence-electron chi connectivity index (χ2n) is 3.20. The zero-order chi connectivity index (χ0) is 11.5. The van der Waals surface area contributed by atoms with Crippen molar-refractivity contribution < 1.29 is 14.3 Å². The van der Waals surface area contributed by atoms with Gasteiger partial charge < -0.3 is 4.74 Å². The number of para-hydroxylation sites is 1. The van der Waals surface area contributed by atoms with E-state index in [9.17, 15) is 9.59 Å². The van der Waals surface area contributed by atoms with E-state index in [2.05, 4.69) is 4.98 Å². The van der Waals surface area contributed by atoms with Crippen LogP contribution < -0.4 is 4.74 Å². The maximum Gasteiger partial charge on any atom is 0.227 e. The van der Waals surface area contributed by atoms with Crippen LogP contribution in [0.4, 0.5) is 0 Å². The fraction of sp³-hybridized carbons (Fsp3) is 0.0833. The van der Waals surface area contributed by atoms with Gasteiger partial charge in [0.25, 0.3) is 0 Å². The fourth-order valence-corrected chi connectivity index (χ4v) is 1.59. The van der Waals surface area contributed by atoms with E-state index in [0.717, 1.165) is 5.39 Å². The average molecular weight is 215 g/mol. The molecule has 1 aromatic carbocycles. The molecule has 0 saturated heterocycles. The van der Waals surface area contributed by atoms with E-state index in [1.165, 1.54) is 0 Å². The first kappa shape index (κ1) is 10.3. The molecule has 0 aliphatic carbocycles. The minimum atomic E-state index is -0.577. The number of benzene rings is 1. The molecule has 0 atom stereocenters. The maximum atomic E-state index is 11.4. The smallest absolute Gasteiger partial charge is 0.227 e. The standard InChI is InChI=1S/C12H9NO3/c1-16-11-5-6-13-12-8(10(15)7-14)3-2-4-9(11)12/h2-7H,1H3. The van der Waals surface area contributed by atoms with Gasteiger partial charge in [0.2, 0.25) is 5.78 Å². The number of hydrogen-bond acceptors (Lipinski definition) is 4. The first-order chi connectivity index (χ1) is 7.77. The van der Waals surface area contributed by atoms with Crippen molar-refractivity contribution in [1.29, 1.82) is 0 Å². The molecule has 2 rings (SSSR count). The third kappa shape index (κ3) is 1.54. The van der Waals surface area contributed by atoms with Crippen LogP contribution >= 0.6 is 0 Å². The number of nitrogens with zero attached hydrogens (tertiary/aromatic N) is 1. The van der Waals surface area contributed by atoms with Gasteiger partial charge in [-0.25, -0.2) is 0 Å². The van der Waals surface area contributed by atoms with Crippen LogP contribution in [0.1, 0.15) is 10.4 Å². The number of methoxy groups -OCH3 is 1. The van der Waals surface area contributed by atoms with E-state index in [-0.39, 0.29) is 6.29 Å². The van der Waals surface area contributed by atoms with Crippen LogP contribution in [0.15, 0.2) is 30.5 Å². The predicted molar refractivity (Wildman–Crippen MR) is 58.7 cm³/mol. The zero-order valence-electron chi connectivity index (χ0n) is 8.64. The van der Waals surface area contributed by atoms with Crippen LogP contribution in [0.5, 0.6) is 5.75 Å². The number of aromatic nitrogens is 1. The summed E-state index contributed by atoms with van der Waals surface area (Å²) in [7, 11) is 1.54. The second-order valence-corrected chi connectivity index (χ2v) is 3.20. The number of fused-ring (bicyclic) bond motifs is 1. The number of carbonyl (C=O) groups excluding carboxylic acids is 2. The lowest BCUT2D eigenvalue weighted by atomic mass is 10.1. The summed E-state index contributed by atoms with van der Waals surface area (Å²) >= 11 is 0. The average Bonchev–Trinajstić information content (AvgIpc) is 2.36. The molecule has 80 valence electrons. The molecular formula is C12H9NO3. The Kier molecular flexibility index (Phi) is 2.64. The van der Waals surface area contributed by atoms with Gasteiger partial charge in [0, 0.05) is 11.6 Å². The normalized spacial score (nSPS) is 10.1. The molecule has 0 aliphatic heterocycles. The van der Waals surface area contributed by atoms with E-state index >= 15 is 0 Å². The van der Waals surface area contributed by atoms with Crippen molar-refractivity contribution in [2.45, 2.75) is 0 Å². The number of carbonyl (C=O) groups is 2. The Morgan fingerprint density at radius 2 is 2.19 bits per heavy atom. The monoisotopic (exact) mass is 215 g/mol. The number of hydrogen-bond donors (Lipinski definition) is 0. The molecule has 0 fully saturated rings. The summed E-state index contributed by atoms with van der Waals surface area (Å²) in [6, 6.07) is 6.77. The Morgan fingerprint density at radius 1 is 1.38 bits per heavy atom. The molecule has 4 heteroatoms. The lowest BCUT2D eigenvalue weighted by molar-refractivity contribution is -0.104. The van der Waals surface area contributed by atoms with Crippen LogP contribution in [0, 0.1) is 0 Å². The molecule has 0 unspecified atom stereocenters. The topological polar surface area (TPSA) is 56.3 Å². The second kappa shape index (κ2) is 4.10. The molecule has 1 aromatic heterocycles. The molecule has 0 N–H and O–H groups in total. The summed E-state index contributed by atoms with van der Waals surface area (Å²) in [5.74, 6) is 0.0527. The van der Waals surface area contributed by atoms with Gasteiger partial charge in [-0.05, 0) is 18.2 Å². The van der Waals surface area contributed by atoms with Gasteiger partial charge in [-0.3, -0.25) is 14.6 Å². The summed E-state index contributed by atoms with van der Waals surface area (Å²) in [4.78, 5) is 26.0. The lowest BCUT2D eigenvalue weighted by Crippen LogP contribution is -2.02. The van der Waals surface area contributed by atoms with Crippen LogP contribution in [0.2, 0.25) is 0 Å². The number of ether oxygens (including phenoxy) is 1. The first-order valence-electron chi connectivity index (χ1n) is 4.69. The Labute approximate surface area is 91.9 Å². The van der Waals surface area contributed by atoms with Gasteiger partial charge in [0.15, 0.2) is 6.29 Å². The predicted octanol–water partition coefficient (Wildman–Crippen LogP) is 1.62. The number of aldehydes is 1. The number of ketones is 1. The van der Waals surface area contributed by atoms with E-state index in [4.69, 9.17) is 4.74 Å². The molecule has 0 radical (unpaired) electrons. The number of Topliss-reactive ketones (excluding diaryl/α,β-unsaturated/α-hetero) is 1. The van der Waals surface area contributed by atoms with Gasteiger partial charge in [-0.1, -0.05) is 6.07 Å². The van der Waals surface area contributed by atoms with E-state index < -0.39 is 5.78 Å². The maximum absolute atomic E-state index is 11.4. The van der Waals surface area contributed by atoms with Gasteiger partial charge in [-0.15, -0.1) is 0 Å². The Bertz CT molecular complexity index is 563. The van der Waals surface area contributed by atoms with Gasteiger partial charge in [-0.2, -0.15) is 0 Å². The van der Waals surface area contributed by atoms with E-state index in [1.807, 2.05) is 0 Å². The van der Waals surface area contributed by atoms with Gasteiger partial charge in [0.1, 0.15) is 5.75 Å². The quantitative estimate of drug-likeness (QED) is 0.443. The van der Waals surface area contributed by atoms with Crippen LogP contribution in [-0.2, 0) is 4.79 Å². The summed E-state index contributed by atoms with van der Waals surface area (Å²) in [6.45, 7) is 0. The fourth-order valence-electron chi connectivity index (χ4n) is 1.59. The third-order valence-electron chi connectivity index (χ3n) is 2.32. The van der Waals surface area contributed by atoms with E-state index in [1.54, 1.807) is 37.6 Å². The van der Waals surface area contributed by atoms with Crippen molar-refractivity contribution in [3.63, 3.8) is 0 Å². The zero-order valence-corrected chi connectivity index (χ0v) is 8.64. The number of pyridine rings is 1. The van der Waals surface area contributed by atoms with Crippen molar-refractivity contribution >= 4 is 23.0 Å². The summed E-state index contributed by atoms with van der Waals surface area (Å²) < 4.78 is 5.16. The molecule has 0 aliphatic rings. The SMILES string of the molecule is COc1ccnc2c(C(=O)C=O)cccc12. The summed E-state index contributed by atoms with van der Waals surface area (Å²) in [5, 5.41) is 0.720. The highest BCUT2D eigenvalue weighted by Crippen LogP contribution is 2.25. The molecule has 0 bridgehead atoms. The lowest BCUT2D eigenvalue weighted by Gasteiger charge is -2.06. The first-order valence-corrected chi connectivity index (χ1v) is 4.69. The molecule has 0 spiro atoms. The molecule has 16 heavy (non-hydrogen) atoms. The highest BCUT2D eigenvalue weighted by Gasteiger charge is 2.11. The molecular weight excluding hydrogens is 206 g/mol. The van der Waals surface area contributed by atoms with Crippen LogP contribution in [-0.4, -0.2) is 24.2 Å². The molecule has 1 heterocycles. The number of rotatable bonds is 3. The summed E-state index contributed by atoms with van der Waals surface area (Å²) in [6.07, 6.45) is 1.83. The van der Waals surface area contributed by atoms with Crippen LogP contribution in [0.3, 0.4) is 0 Å². The Balaban J connectivity index is 2.78.